The molecule has 1 aliphatic rings. The molecule has 0 aliphatic carbocycles. The fourth-order valence-corrected chi connectivity index (χ4v) is 2.90. The van der Waals surface area contributed by atoms with Crippen molar-refractivity contribution in [3.05, 3.63) is 17.0 Å². The number of nitrogens with zero attached hydrogens (tertiary/aromatic N) is 2. The highest BCUT2D eigenvalue weighted by atomic mass is 35.5. The summed E-state index contributed by atoms with van der Waals surface area (Å²) in [6, 6.07) is 0.368. The van der Waals surface area contributed by atoms with Crippen LogP contribution in [-0.4, -0.2) is 29.2 Å². The number of anilines is 1. The highest BCUT2D eigenvalue weighted by Gasteiger charge is 2.22. The first-order valence-electron chi connectivity index (χ1n) is 6.94. The first-order chi connectivity index (χ1) is 9.09. The fourth-order valence-electron chi connectivity index (χ4n) is 2.55. The Kier molecular flexibility index (Phi) is 4.99. The van der Waals surface area contributed by atoms with Crippen molar-refractivity contribution in [2.45, 2.75) is 45.6 Å². The van der Waals surface area contributed by atoms with Gasteiger partial charge in [-0.15, -0.1) is 0 Å². The highest BCUT2D eigenvalue weighted by Crippen LogP contribution is 2.30. The average Bonchev–Trinajstić information content (AvgIpc) is 2.39. The number of ether oxygens (including phenoxy) is 1. The van der Waals surface area contributed by atoms with Crippen molar-refractivity contribution in [1.82, 2.24) is 9.97 Å². The van der Waals surface area contributed by atoms with E-state index < -0.39 is 0 Å². The van der Waals surface area contributed by atoms with Crippen LogP contribution in [0.25, 0.3) is 0 Å². The summed E-state index contributed by atoms with van der Waals surface area (Å²) in [5.74, 6) is 1.80. The van der Waals surface area contributed by atoms with Gasteiger partial charge in [0.05, 0.1) is 0 Å². The van der Waals surface area contributed by atoms with Crippen LogP contribution in [0.1, 0.15) is 45.1 Å². The molecule has 1 fully saturated rings. The highest BCUT2D eigenvalue weighted by molar-refractivity contribution is 6.30. The number of nitrogens with one attached hydrogen (secondary N) is 1. The molecule has 1 aromatic heterocycles. The standard InChI is InChI=1S/C14H22ClN3O/c1-9(2)12-13(15)16-8-17-14(12)18-10(3)11-4-6-19-7-5-11/h8-11H,4-7H2,1-3H3,(H,16,17,18). The predicted molar refractivity (Wildman–Crippen MR) is 77.8 cm³/mol. The van der Waals surface area contributed by atoms with E-state index in [1.54, 1.807) is 0 Å². The van der Waals surface area contributed by atoms with Crippen molar-refractivity contribution >= 4 is 17.4 Å². The zero-order valence-electron chi connectivity index (χ0n) is 11.8. The molecule has 0 radical (unpaired) electrons. The second-order valence-electron chi connectivity index (χ2n) is 5.46. The molecular formula is C14H22ClN3O. The summed E-state index contributed by atoms with van der Waals surface area (Å²) < 4.78 is 5.41. The lowest BCUT2D eigenvalue weighted by Gasteiger charge is -2.29. The Morgan fingerprint density at radius 3 is 2.58 bits per heavy atom. The Hall–Kier alpha value is -0.870. The molecule has 0 bridgehead atoms. The number of hydrogen-bond donors (Lipinski definition) is 1. The van der Waals surface area contributed by atoms with Gasteiger partial charge in [-0.3, -0.25) is 0 Å². The van der Waals surface area contributed by atoms with Gasteiger partial charge >= 0.3 is 0 Å². The summed E-state index contributed by atoms with van der Waals surface area (Å²) in [4.78, 5) is 8.43. The Morgan fingerprint density at radius 1 is 1.26 bits per heavy atom. The number of halogens is 1. The van der Waals surface area contributed by atoms with Gasteiger partial charge < -0.3 is 10.1 Å². The second kappa shape index (κ2) is 6.53. The minimum Gasteiger partial charge on any atom is -0.381 e. The number of hydrogen-bond acceptors (Lipinski definition) is 4. The quantitative estimate of drug-likeness (QED) is 0.860. The topological polar surface area (TPSA) is 47.0 Å². The summed E-state index contributed by atoms with van der Waals surface area (Å²) in [5, 5.41) is 4.06. The van der Waals surface area contributed by atoms with Crippen molar-refractivity contribution < 1.29 is 4.74 Å². The van der Waals surface area contributed by atoms with Gasteiger partial charge in [0.15, 0.2) is 0 Å². The van der Waals surface area contributed by atoms with E-state index in [9.17, 15) is 0 Å². The van der Waals surface area contributed by atoms with E-state index in [2.05, 4.69) is 36.1 Å². The Bertz CT molecular complexity index is 419. The zero-order chi connectivity index (χ0) is 13.8. The van der Waals surface area contributed by atoms with Gasteiger partial charge in [-0.05, 0) is 31.6 Å². The molecule has 1 unspecified atom stereocenters. The monoisotopic (exact) mass is 283 g/mol. The summed E-state index contributed by atoms with van der Waals surface area (Å²) in [6.07, 6.45) is 3.72. The molecule has 2 heterocycles. The number of rotatable bonds is 4. The smallest absolute Gasteiger partial charge is 0.138 e. The molecule has 1 N–H and O–H groups in total. The van der Waals surface area contributed by atoms with E-state index in [0.29, 0.717) is 23.0 Å². The van der Waals surface area contributed by atoms with Crippen LogP contribution >= 0.6 is 11.6 Å². The van der Waals surface area contributed by atoms with Crippen LogP contribution in [-0.2, 0) is 4.74 Å². The van der Waals surface area contributed by atoms with Gasteiger partial charge in [0.25, 0.3) is 0 Å². The van der Waals surface area contributed by atoms with Crippen LogP contribution in [0.4, 0.5) is 5.82 Å². The van der Waals surface area contributed by atoms with Gasteiger partial charge in [0.1, 0.15) is 17.3 Å². The minimum atomic E-state index is 0.304. The molecule has 106 valence electrons. The molecule has 0 aromatic carbocycles. The van der Waals surface area contributed by atoms with Gasteiger partial charge in [0.2, 0.25) is 0 Å². The van der Waals surface area contributed by atoms with E-state index in [1.807, 2.05) is 0 Å². The maximum atomic E-state index is 6.18. The van der Waals surface area contributed by atoms with E-state index >= 15 is 0 Å². The largest absolute Gasteiger partial charge is 0.381 e. The summed E-state index contributed by atoms with van der Waals surface area (Å²) in [6.45, 7) is 8.14. The molecule has 2 rings (SSSR count). The lowest BCUT2D eigenvalue weighted by Crippen LogP contribution is -2.31. The average molecular weight is 284 g/mol. The van der Waals surface area contributed by atoms with E-state index in [-0.39, 0.29) is 0 Å². The van der Waals surface area contributed by atoms with Crippen LogP contribution in [0.15, 0.2) is 6.33 Å². The van der Waals surface area contributed by atoms with Crippen LogP contribution in [0.3, 0.4) is 0 Å². The Labute approximate surface area is 119 Å². The Balaban J connectivity index is 2.11. The molecular weight excluding hydrogens is 262 g/mol. The summed E-state index contributed by atoms with van der Waals surface area (Å²) in [7, 11) is 0. The zero-order valence-corrected chi connectivity index (χ0v) is 12.6. The van der Waals surface area contributed by atoms with Crippen LogP contribution in [0.2, 0.25) is 5.15 Å². The third-order valence-corrected chi connectivity index (χ3v) is 4.05. The SMILES string of the molecule is CC(C)c1c(Cl)ncnc1NC(C)C1CCOCC1. The Morgan fingerprint density at radius 2 is 1.95 bits per heavy atom. The maximum Gasteiger partial charge on any atom is 0.138 e. The molecule has 4 nitrogen and oxygen atoms in total. The van der Waals surface area contributed by atoms with Gasteiger partial charge in [-0.25, -0.2) is 9.97 Å². The van der Waals surface area contributed by atoms with Crippen LogP contribution in [0, 0.1) is 5.92 Å². The molecule has 1 saturated heterocycles. The molecule has 1 atom stereocenters. The molecule has 0 saturated carbocycles. The van der Waals surface area contributed by atoms with Crippen LogP contribution < -0.4 is 5.32 Å². The first kappa shape index (κ1) is 14.5. The summed E-state index contributed by atoms with van der Waals surface area (Å²) in [5.41, 5.74) is 1.00. The van der Waals surface area contributed by atoms with Crippen LogP contribution in [0.5, 0.6) is 0 Å². The maximum absolute atomic E-state index is 6.18. The second-order valence-corrected chi connectivity index (χ2v) is 5.82. The van der Waals surface area contributed by atoms with Gasteiger partial charge in [-0.2, -0.15) is 0 Å². The van der Waals surface area contributed by atoms with E-state index in [1.165, 1.54) is 6.33 Å². The van der Waals surface area contributed by atoms with E-state index in [4.69, 9.17) is 16.3 Å². The van der Waals surface area contributed by atoms with Crippen molar-refractivity contribution in [3.63, 3.8) is 0 Å². The molecule has 1 aliphatic heterocycles. The molecule has 1 aromatic rings. The van der Waals surface area contributed by atoms with E-state index in [0.717, 1.165) is 37.4 Å². The lowest BCUT2D eigenvalue weighted by atomic mass is 9.92. The summed E-state index contributed by atoms with van der Waals surface area (Å²) >= 11 is 6.18. The molecule has 0 spiro atoms. The first-order valence-corrected chi connectivity index (χ1v) is 7.32. The minimum absolute atomic E-state index is 0.304. The van der Waals surface area contributed by atoms with Crippen molar-refractivity contribution in [3.8, 4) is 0 Å². The lowest BCUT2D eigenvalue weighted by molar-refractivity contribution is 0.0622. The number of aromatic nitrogens is 2. The molecule has 0 amide bonds. The predicted octanol–water partition coefficient (Wildman–Crippen LogP) is 3.48. The molecule has 19 heavy (non-hydrogen) atoms. The van der Waals surface area contributed by atoms with Crippen molar-refractivity contribution in [2.75, 3.05) is 18.5 Å². The molecule has 5 heteroatoms. The van der Waals surface area contributed by atoms with Crippen molar-refractivity contribution in [1.29, 1.82) is 0 Å². The van der Waals surface area contributed by atoms with Crippen molar-refractivity contribution in [2.24, 2.45) is 5.92 Å². The third kappa shape index (κ3) is 3.57. The van der Waals surface area contributed by atoms with Gasteiger partial charge in [0, 0.05) is 24.8 Å². The third-order valence-electron chi connectivity index (χ3n) is 3.75. The normalized spacial score (nSPS) is 18.6. The van der Waals surface area contributed by atoms with Gasteiger partial charge in [-0.1, -0.05) is 25.4 Å². The fraction of sp³-hybridized carbons (Fsp3) is 0.714.